The molecule has 0 spiro atoms. The van der Waals surface area contributed by atoms with Crippen molar-refractivity contribution in [1.29, 1.82) is 0 Å². The van der Waals surface area contributed by atoms with Crippen LogP contribution in [0.3, 0.4) is 0 Å². The topological polar surface area (TPSA) is 3.24 Å². The van der Waals surface area contributed by atoms with Crippen LogP contribution in [0.25, 0.3) is 5.57 Å². The zero-order valence-corrected chi connectivity index (χ0v) is 21.2. The molecule has 0 heterocycles. The van der Waals surface area contributed by atoms with Gasteiger partial charge in [-0.2, -0.15) is 0 Å². The van der Waals surface area contributed by atoms with E-state index in [0.717, 1.165) is 18.8 Å². The van der Waals surface area contributed by atoms with Gasteiger partial charge in [-0.25, -0.2) is 0 Å². The second-order valence-corrected chi connectivity index (χ2v) is 10.2. The molecule has 0 radical (unpaired) electrons. The maximum Gasteiger partial charge on any atom is 0.0411 e. The molecule has 0 aliphatic heterocycles. The summed E-state index contributed by atoms with van der Waals surface area (Å²) in [5.74, 6) is 0.829. The molecule has 0 bridgehead atoms. The number of nitrogens with zero attached hydrogens (tertiary/aromatic N) is 1. The normalized spacial score (nSPS) is 23.6. The van der Waals surface area contributed by atoms with Crippen molar-refractivity contribution < 1.29 is 0 Å². The van der Waals surface area contributed by atoms with E-state index in [-0.39, 0.29) is 0 Å². The number of allylic oxidation sites excluding steroid dienone is 16. The van der Waals surface area contributed by atoms with Gasteiger partial charge in [0.05, 0.1) is 0 Å². The van der Waals surface area contributed by atoms with Crippen molar-refractivity contribution in [2.75, 3.05) is 11.9 Å². The fraction of sp³-hybridized carbons (Fsp3) is 0.333. The van der Waals surface area contributed by atoms with Crippen LogP contribution in [0, 0.1) is 5.92 Å². The first kappa shape index (κ1) is 22.7. The molecule has 1 unspecified atom stereocenters. The van der Waals surface area contributed by atoms with Crippen molar-refractivity contribution in [1.82, 2.24) is 0 Å². The van der Waals surface area contributed by atoms with E-state index < -0.39 is 0 Å². The molecule has 0 saturated heterocycles. The van der Waals surface area contributed by atoms with Crippen LogP contribution in [-0.2, 0) is 0 Å². The van der Waals surface area contributed by atoms with Crippen LogP contribution in [0.2, 0.25) is 0 Å². The Hall–Kier alpha value is -3.06. The summed E-state index contributed by atoms with van der Waals surface area (Å²) in [5, 5.41) is 0. The van der Waals surface area contributed by atoms with E-state index in [1.165, 1.54) is 76.1 Å². The molecule has 1 nitrogen and oxygen atoms in total. The summed E-state index contributed by atoms with van der Waals surface area (Å²) in [7, 11) is 2.17. The molecule has 0 aromatic heterocycles. The summed E-state index contributed by atoms with van der Waals surface area (Å²) < 4.78 is 0. The van der Waals surface area contributed by atoms with Crippen molar-refractivity contribution in [2.24, 2.45) is 5.92 Å². The van der Waals surface area contributed by atoms with Gasteiger partial charge in [0.2, 0.25) is 0 Å². The molecular weight excluding hydrogens is 410 g/mol. The highest BCUT2D eigenvalue weighted by Gasteiger charge is 2.26. The number of hydrogen-bond donors (Lipinski definition) is 0. The van der Waals surface area contributed by atoms with Gasteiger partial charge in [0, 0.05) is 18.4 Å². The van der Waals surface area contributed by atoms with E-state index in [0.29, 0.717) is 0 Å². The Morgan fingerprint density at radius 3 is 2.76 bits per heavy atom. The third-order valence-electron chi connectivity index (χ3n) is 8.06. The third-order valence-corrected chi connectivity index (χ3v) is 8.06. The molecule has 5 rings (SSSR count). The fourth-order valence-corrected chi connectivity index (χ4v) is 5.58. The Labute approximate surface area is 206 Å². The summed E-state index contributed by atoms with van der Waals surface area (Å²) in [6.07, 6.45) is 25.8. The average molecular weight is 448 g/mol. The minimum Gasteiger partial charge on any atom is -0.348 e. The number of hydrogen-bond acceptors (Lipinski definition) is 1. The SMILES string of the molecule is C/C=C\C1=C2C/C(=C\C=C(/C)N(C)c3cccc(C4=CCC5CCC5=C4)c3)C=CC2=C(C)CC1. The van der Waals surface area contributed by atoms with E-state index in [1.807, 2.05) is 0 Å². The molecule has 174 valence electrons. The Morgan fingerprint density at radius 1 is 1.12 bits per heavy atom. The summed E-state index contributed by atoms with van der Waals surface area (Å²) in [5.41, 5.74) is 14.3. The molecule has 0 amide bonds. The monoisotopic (exact) mass is 447 g/mol. The lowest BCUT2D eigenvalue weighted by atomic mass is 9.73. The largest absolute Gasteiger partial charge is 0.348 e. The predicted octanol–water partition coefficient (Wildman–Crippen LogP) is 9.02. The van der Waals surface area contributed by atoms with Crippen molar-refractivity contribution in [2.45, 2.75) is 59.3 Å². The molecule has 0 N–H and O–H groups in total. The van der Waals surface area contributed by atoms with E-state index in [1.54, 1.807) is 5.57 Å². The van der Waals surface area contributed by atoms with Gasteiger partial charge in [-0.05, 0) is 117 Å². The van der Waals surface area contributed by atoms with E-state index in [2.05, 4.69) is 106 Å². The van der Waals surface area contributed by atoms with Crippen molar-refractivity contribution in [3.8, 4) is 0 Å². The zero-order chi connectivity index (χ0) is 23.7. The Bertz CT molecular complexity index is 1230. The number of fused-ring (bicyclic) bond motifs is 2. The minimum atomic E-state index is 0.829. The molecular formula is C33H37N. The van der Waals surface area contributed by atoms with Crippen LogP contribution in [0.1, 0.15) is 64.9 Å². The van der Waals surface area contributed by atoms with Crippen molar-refractivity contribution >= 4 is 11.3 Å². The summed E-state index contributed by atoms with van der Waals surface area (Å²) in [6, 6.07) is 8.99. The first-order valence-electron chi connectivity index (χ1n) is 12.9. The highest BCUT2D eigenvalue weighted by atomic mass is 15.1. The van der Waals surface area contributed by atoms with Gasteiger partial charge in [0.1, 0.15) is 0 Å². The number of anilines is 1. The first-order chi connectivity index (χ1) is 16.5. The molecule has 1 aromatic rings. The molecule has 4 aliphatic carbocycles. The lowest BCUT2D eigenvalue weighted by molar-refractivity contribution is 0.445. The second kappa shape index (κ2) is 9.66. The maximum absolute atomic E-state index is 2.44. The summed E-state index contributed by atoms with van der Waals surface area (Å²) in [4.78, 5) is 2.30. The van der Waals surface area contributed by atoms with Crippen molar-refractivity contribution in [3.05, 3.63) is 118 Å². The Morgan fingerprint density at radius 2 is 2.00 bits per heavy atom. The van der Waals surface area contributed by atoms with Crippen LogP contribution >= 0.6 is 0 Å². The first-order valence-corrected chi connectivity index (χ1v) is 12.9. The lowest BCUT2D eigenvalue weighted by Gasteiger charge is -2.32. The number of rotatable bonds is 5. The molecule has 1 fully saturated rings. The van der Waals surface area contributed by atoms with Gasteiger partial charge in [-0.3, -0.25) is 0 Å². The van der Waals surface area contributed by atoms with E-state index in [9.17, 15) is 0 Å². The second-order valence-electron chi connectivity index (χ2n) is 10.2. The van der Waals surface area contributed by atoms with Crippen LogP contribution < -0.4 is 4.90 Å². The molecule has 1 saturated carbocycles. The van der Waals surface area contributed by atoms with E-state index >= 15 is 0 Å². The van der Waals surface area contributed by atoms with Crippen LogP contribution in [-0.4, -0.2) is 7.05 Å². The smallest absolute Gasteiger partial charge is 0.0411 e. The fourth-order valence-electron chi connectivity index (χ4n) is 5.58. The zero-order valence-electron chi connectivity index (χ0n) is 21.2. The lowest BCUT2D eigenvalue weighted by Crippen LogP contribution is -2.17. The minimum absolute atomic E-state index is 0.829. The molecule has 1 aromatic carbocycles. The standard InChI is InChI=1S/C33H37N/c1-5-7-27-14-10-23(2)32-19-13-25(20-33(27)32)12-11-24(3)34(4)31-9-6-8-28(22-31)30-18-16-26-15-17-29(26)21-30/h5-9,11-13,18-19,21-22,26H,10,14-17,20H2,1-4H3/b7-5-,24-11+,25-12-. The van der Waals surface area contributed by atoms with Gasteiger partial charge in [-0.1, -0.05) is 65.8 Å². The Balaban J connectivity index is 1.35. The van der Waals surface area contributed by atoms with E-state index in [4.69, 9.17) is 0 Å². The third kappa shape index (κ3) is 4.49. The quantitative estimate of drug-likeness (QED) is 0.435. The van der Waals surface area contributed by atoms with Crippen LogP contribution in [0.15, 0.2) is 112 Å². The highest BCUT2D eigenvalue weighted by molar-refractivity contribution is 5.78. The molecule has 1 atom stereocenters. The average Bonchev–Trinajstić information content (AvgIpc) is 2.84. The van der Waals surface area contributed by atoms with Crippen molar-refractivity contribution in [3.63, 3.8) is 0 Å². The molecule has 1 heteroatoms. The summed E-state index contributed by atoms with van der Waals surface area (Å²) in [6.45, 7) is 6.62. The van der Waals surface area contributed by atoms with Gasteiger partial charge < -0.3 is 4.90 Å². The molecule has 4 aliphatic rings. The van der Waals surface area contributed by atoms with Crippen LogP contribution in [0.5, 0.6) is 0 Å². The highest BCUT2D eigenvalue weighted by Crippen LogP contribution is 2.42. The summed E-state index contributed by atoms with van der Waals surface area (Å²) >= 11 is 0. The maximum atomic E-state index is 2.44. The van der Waals surface area contributed by atoms with Gasteiger partial charge in [-0.15, -0.1) is 0 Å². The van der Waals surface area contributed by atoms with Gasteiger partial charge in [0.15, 0.2) is 0 Å². The number of benzene rings is 1. The van der Waals surface area contributed by atoms with Gasteiger partial charge in [0.25, 0.3) is 0 Å². The Kier molecular flexibility index (Phi) is 6.46. The van der Waals surface area contributed by atoms with Gasteiger partial charge >= 0.3 is 0 Å². The predicted molar refractivity (Wildman–Crippen MR) is 148 cm³/mol. The van der Waals surface area contributed by atoms with Crippen LogP contribution in [0.4, 0.5) is 5.69 Å². The molecule has 34 heavy (non-hydrogen) atoms.